The number of rotatable bonds is 9. The van der Waals surface area contributed by atoms with Crippen LogP contribution in [-0.2, 0) is 10.0 Å². The molecule has 2 aromatic rings. The van der Waals surface area contributed by atoms with Gasteiger partial charge in [-0.2, -0.15) is 4.31 Å². The summed E-state index contributed by atoms with van der Waals surface area (Å²) in [6.07, 6.45) is 1.95. The number of unbranched alkanes of at least 4 members (excludes halogenated alkanes) is 1. The summed E-state index contributed by atoms with van der Waals surface area (Å²) in [5, 5.41) is 2.78. The minimum absolute atomic E-state index is 0.164. The average Bonchev–Trinajstić information content (AvgIpc) is 2.79. The Morgan fingerprint density at radius 3 is 2.50 bits per heavy atom. The number of carbonyl (C=O) groups is 1. The van der Waals surface area contributed by atoms with Crippen molar-refractivity contribution in [2.45, 2.75) is 24.7 Å². The van der Waals surface area contributed by atoms with E-state index in [0.29, 0.717) is 55.5 Å². The van der Waals surface area contributed by atoms with Gasteiger partial charge in [0, 0.05) is 37.4 Å². The van der Waals surface area contributed by atoms with Gasteiger partial charge in [0.25, 0.3) is 5.91 Å². The zero-order chi connectivity index (χ0) is 23.1. The maximum absolute atomic E-state index is 13.0. The van der Waals surface area contributed by atoms with Gasteiger partial charge in [-0.05, 0) is 49.9 Å². The molecule has 174 valence electrons. The third kappa shape index (κ3) is 5.79. The lowest BCUT2D eigenvalue weighted by Crippen LogP contribution is -2.47. The van der Waals surface area contributed by atoms with Crippen LogP contribution in [0.4, 0.5) is 5.69 Å². The number of ether oxygens (including phenoxy) is 2. The predicted octanol–water partition coefficient (Wildman–Crippen LogP) is 3.06. The van der Waals surface area contributed by atoms with E-state index in [1.54, 1.807) is 36.4 Å². The van der Waals surface area contributed by atoms with Gasteiger partial charge in [-0.15, -0.1) is 0 Å². The number of carbonyl (C=O) groups excluding carboxylic acids is 1. The van der Waals surface area contributed by atoms with Crippen molar-refractivity contribution in [3.8, 4) is 11.5 Å². The normalized spacial score (nSPS) is 15.3. The molecular weight excluding hydrogens is 430 g/mol. The molecule has 8 nitrogen and oxygen atoms in total. The zero-order valence-corrected chi connectivity index (χ0v) is 19.7. The molecule has 9 heteroatoms. The highest BCUT2D eigenvalue weighted by Crippen LogP contribution is 2.29. The highest BCUT2D eigenvalue weighted by Gasteiger charge is 2.27. The lowest BCUT2D eigenvalue weighted by Gasteiger charge is -2.31. The maximum Gasteiger partial charge on any atom is 0.255 e. The molecule has 0 atom stereocenters. The Bertz CT molecular complexity index is 1030. The van der Waals surface area contributed by atoms with E-state index in [4.69, 9.17) is 9.47 Å². The van der Waals surface area contributed by atoms with Crippen LogP contribution in [0.1, 0.15) is 30.1 Å². The molecule has 0 saturated carbocycles. The van der Waals surface area contributed by atoms with Crippen molar-refractivity contribution in [1.82, 2.24) is 9.21 Å². The van der Waals surface area contributed by atoms with Gasteiger partial charge in [0.1, 0.15) is 0 Å². The molecule has 0 unspecified atom stereocenters. The predicted molar refractivity (Wildman–Crippen MR) is 124 cm³/mol. The van der Waals surface area contributed by atoms with Crippen molar-refractivity contribution in [1.29, 1.82) is 0 Å². The minimum atomic E-state index is -3.62. The van der Waals surface area contributed by atoms with E-state index in [0.717, 1.165) is 12.8 Å². The van der Waals surface area contributed by atoms with Crippen LogP contribution in [0.15, 0.2) is 47.4 Å². The number of hydrogen-bond acceptors (Lipinski definition) is 6. The molecule has 3 rings (SSSR count). The summed E-state index contributed by atoms with van der Waals surface area (Å²) in [6.45, 7) is 4.93. The summed E-state index contributed by atoms with van der Waals surface area (Å²) >= 11 is 0. The van der Waals surface area contributed by atoms with Gasteiger partial charge in [-0.3, -0.25) is 4.79 Å². The molecule has 1 heterocycles. The van der Waals surface area contributed by atoms with Crippen molar-refractivity contribution in [2.75, 3.05) is 52.3 Å². The third-order valence-electron chi connectivity index (χ3n) is 5.37. The van der Waals surface area contributed by atoms with Gasteiger partial charge in [-0.1, -0.05) is 19.4 Å². The second-order valence-electron chi connectivity index (χ2n) is 7.76. The fourth-order valence-electron chi connectivity index (χ4n) is 3.37. The number of hydrogen-bond donors (Lipinski definition) is 1. The number of piperazine rings is 1. The first-order valence-electron chi connectivity index (χ1n) is 10.8. The molecule has 32 heavy (non-hydrogen) atoms. The van der Waals surface area contributed by atoms with Crippen LogP contribution in [0.5, 0.6) is 11.5 Å². The lowest BCUT2D eigenvalue weighted by molar-refractivity contribution is 0.102. The molecule has 0 aliphatic carbocycles. The molecule has 1 amide bonds. The zero-order valence-electron chi connectivity index (χ0n) is 18.8. The number of nitrogens with zero attached hydrogens (tertiary/aromatic N) is 2. The Hall–Kier alpha value is -2.62. The molecule has 1 saturated heterocycles. The molecular formula is C23H31N3O5S. The highest BCUT2D eigenvalue weighted by atomic mass is 32.2. The first-order valence-corrected chi connectivity index (χ1v) is 12.2. The van der Waals surface area contributed by atoms with E-state index >= 15 is 0 Å². The monoisotopic (exact) mass is 461 g/mol. The average molecular weight is 462 g/mol. The largest absolute Gasteiger partial charge is 0.493 e. The summed E-state index contributed by atoms with van der Waals surface area (Å²) in [5.41, 5.74) is 0.796. The Morgan fingerprint density at radius 1 is 1.06 bits per heavy atom. The van der Waals surface area contributed by atoms with Crippen molar-refractivity contribution < 1.29 is 22.7 Å². The van der Waals surface area contributed by atoms with Gasteiger partial charge in [0.15, 0.2) is 11.5 Å². The van der Waals surface area contributed by atoms with E-state index < -0.39 is 10.0 Å². The Balaban J connectivity index is 1.73. The standard InChI is InChI=1S/C23H31N3O5S/c1-4-5-15-31-21-10-9-18(16-22(21)30-3)23(27)24-19-7-6-8-20(17-19)32(28,29)26-13-11-25(2)12-14-26/h6-10,16-17H,4-5,11-15H2,1-3H3,(H,24,27). The number of anilines is 1. The van der Waals surface area contributed by atoms with Crippen molar-refractivity contribution in [3.05, 3.63) is 48.0 Å². The summed E-state index contributed by atoms with van der Waals surface area (Å²) in [4.78, 5) is 15.0. The Labute approximate surface area is 190 Å². The molecule has 0 bridgehead atoms. The SMILES string of the molecule is CCCCOc1ccc(C(=O)Nc2cccc(S(=O)(=O)N3CCN(C)CC3)c2)cc1OC. The smallest absolute Gasteiger partial charge is 0.255 e. The fourth-order valence-corrected chi connectivity index (χ4v) is 4.84. The summed E-state index contributed by atoms with van der Waals surface area (Å²) in [7, 11) is -0.122. The molecule has 0 spiro atoms. The van der Waals surface area contributed by atoms with Crippen LogP contribution in [0.2, 0.25) is 0 Å². The first kappa shape index (κ1) is 24.0. The summed E-state index contributed by atoms with van der Waals surface area (Å²) in [5.74, 6) is 0.690. The summed E-state index contributed by atoms with van der Waals surface area (Å²) < 4.78 is 38.5. The second kappa shape index (κ2) is 10.8. The quantitative estimate of drug-likeness (QED) is 0.578. The van der Waals surface area contributed by atoms with Gasteiger partial charge >= 0.3 is 0 Å². The van der Waals surface area contributed by atoms with Crippen LogP contribution in [0, 0.1) is 0 Å². The Kier molecular flexibility index (Phi) is 8.11. The maximum atomic E-state index is 13.0. The van der Waals surface area contributed by atoms with Crippen molar-refractivity contribution >= 4 is 21.6 Å². The van der Waals surface area contributed by atoms with E-state index in [-0.39, 0.29) is 10.8 Å². The van der Waals surface area contributed by atoms with Crippen LogP contribution in [-0.4, -0.2) is 70.5 Å². The van der Waals surface area contributed by atoms with Crippen LogP contribution in [0.25, 0.3) is 0 Å². The van der Waals surface area contributed by atoms with E-state index in [9.17, 15) is 13.2 Å². The molecule has 1 fully saturated rings. The van der Waals surface area contributed by atoms with Gasteiger partial charge in [0.05, 0.1) is 18.6 Å². The number of sulfonamides is 1. The molecule has 0 radical (unpaired) electrons. The fraction of sp³-hybridized carbons (Fsp3) is 0.435. The number of methoxy groups -OCH3 is 1. The first-order chi connectivity index (χ1) is 15.3. The highest BCUT2D eigenvalue weighted by molar-refractivity contribution is 7.89. The lowest BCUT2D eigenvalue weighted by atomic mass is 10.2. The minimum Gasteiger partial charge on any atom is -0.493 e. The van der Waals surface area contributed by atoms with Crippen LogP contribution >= 0.6 is 0 Å². The van der Waals surface area contributed by atoms with E-state index in [2.05, 4.69) is 17.1 Å². The molecule has 1 aliphatic heterocycles. The Morgan fingerprint density at radius 2 is 1.81 bits per heavy atom. The van der Waals surface area contributed by atoms with Crippen molar-refractivity contribution in [2.24, 2.45) is 0 Å². The molecule has 1 aliphatic rings. The topological polar surface area (TPSA) is 88.2 Å². The van der Waals surface area contributed by atoms with Gasteiger partial charge in [-0.25, -0.2) is 8.42 Å². The number of benzene rings is 2. The van der Waals surface area contributed by atoms with Crippen LogP contribution < -0.4 is 14.8 Å². The van der Waals surface area contributed by atoms with Gasteiger partial charge in [0.2, 0.25) is 10.0 Å². The van der Waals surface area contributed by atoms with Crippen LogP contribution in [0.3, 0.4) is 0 Å². The van der Waals surface area contributed by atoms with E-state index in [1.807, 2.05) is 7.05 Å². The van der Waals surface area contributed by atoms with Gasteiger partial charge < -0.3 is 19.7 Å². The van der Waals surface area contributed by atoms with Crippen molar-refractivity contribution in [3.63, 3.8) is 0 Å². The summed E-state index contributed by atoms with van der Waals surface area (Å²) in [6, 6.07) is 11.3. The van der Waals surface area contributed by atoms with E-state index in [1.165, 1.54) is 17.5 Å². The molecule has 1 N–H and O–H groups in total. The molecule has 0 aromatic heterocycles. The number of nitrogens with one attached hydrogen (secondary N) is 1. The second-order valence-corrected chi connectivity index (χ2v) is 9.69. The number of likely N-dealkylation sites (N-methyl/N-ethyl adjacent to an activating group) is 1. The third-order valence-corrected chi connectivity index (χ3v) is 7.27. The molecule has 2 aromatic carbocycles. The number of amides is 1.